The normalized spacial score (nSPS) is 10.6. The summed E-state index contributed by atoms with van der Waals surface area (Å²) in [6.45, 7) is 5.08. The van der Waals surface area contributed by atoms with Crippen molar-refractivity contribution in [3.63, 3.8) is 0 Å². The first-order valence-electron chi connectivity index (χ1n) is 7.18. The minimum absolute atomic E-state index is 0. The second-order valence-electron chi connectivity index (χ2n) is 5.45. The van der Waals surface area contributed by atoms with E-state index in [0.717, 1.165) is 18.4 Å². The molecule has 0 aliphatic carbocycles. The lowest BCUT2D eigenvalue weighted by molar-refractivity contribution is -0.125. The van der Waals surface area contributed by atoms with Crippen LogP contribution in [0.2, 0.25) is 0 Å². The predicted octanol–water partition coefficient (Wildman–Crippen LogP) is 2.26. The lowest BCUT2D eigenvalue weighted by atomic mass is 9.83. The Morgan fingerprint density at radius 2 is 1.82 bits per heavy atom. The first-order valence-corrected chi connectivity index (χ1v) is 7.18. The molecule has 5 nitrogen and oxygen atoms in total. The van der Waals surface area contributed by atoms with E-state index in [1.165, 1.54) is 0 Å². The largest absolute Gasteiger partial charge is 0.493 e. The molecule has 0 unspecified atom stereocenters. The number of carbonyl (C=O) groups is 1. The molecule has 0 aliphatic rings. The van der Waals surface area contributed by atoms with Gasteiger partial charge in [0, 0.05) is 6.54 Å². The Morgan fingerprint density at radius 3 is 2.36 bits per heavy atom. The molecule has 0 atom stereocenters. The van der Waals surface area contributed by atoms with Crippen LogP contribution in [-0.4, -0.2) is 33.2 Å². The highest BCUT2D eigenvalue weighted by Gasteiger charge is 2.30. The number of benzene rings is 1. The van der Waals surface area contributed by atoms with E-state index in [2.05, 4.69) is 5.32 Å². The fourth-order valence-corrected chi connectivity index (χ4v) is 2.05. The summed E-state index contributed by atoms with van der Waals surface area (Å²) < 4.78 is 10.5. The van der Waals surface area contributed by atoms with E-state index in [-0.39, 0.29) is 18.3 Å². The molecule has 0 bridgehead atoms. The van der Waals surface area contributed by atoms with Crippen molar-refractivity contribution in [3.8, 4) is 11.5 Å². The van der Waals surface area contributed by atoms with Crippen LogP contribution in [-0.2, 0) is 10.2 Å². The zero-order valence-corrected chi connectivity index (χ0v) is 14.6. The third-order valence-corrected chi connectivity index (χ3v) is 3.59. The van der Waals surface area contributed by atoms with Crippen molar-refractivity contribution in [1.29, 1.82) is 0 Å². The van der Waals surface area contributed by atoms with Crippen LogP contribution in [0.1, 0.15) is 32.3 Å². The van der Waals surface area contributed by atoms with E-state index in [9.17, 15) is 4.79 Å². The van der Waals surface area contributed by atoms with Gasteiger partial charge >= 0.3 is 0 Å². The van der Waals surface area contributed by atoms with E-state index in [4.69, 9.17) is 15.2 Å². The first-order chi connectivity index (χ1) is 9.97. The molecule has 22 heavy (non-hydrogen) atoms. The summed E-state index contributed by atoms with van der Waals surface area (Å²) >= 11 is 0. The fraction of sp³-hybridized carbons (Fsp3) is 0.562. The highest BCUT2D eigenvalue weighted by Crippen LogP contribution is 2.33. The average Bonchev–Trinajstić information content (AvgIpc) is 2.50. The van der Waals surface area contributed by atoms with Gasteiger partial charge in [-0.3, -0.25) is 4.79 Å². The second kappa shape index (κ2) is 9.54. The second-order valence-corrected chi connectivity index (χ2v) is 5.45. The number of amides is 1. The number of hydrogen-bond donors (Lipinski definition) is 2. The van der Waals surface area contributed by atoms with Crippen molar-refractivity contribution in [2.45, 2.75) is 32.1 Å². The van der Waals surface area contributed by atoms with Crippen LogP contribution >= 0.6 is 12.4 Å². The monoisotopic (exact) mass is 330 g/mol. The fourth-order valence-electron chi connectivity index (χ4n) is 2.05. The van der Waals surface area contributed by atoms with E-state index in [1.54, 1.807) is 14.2 Å². The maximum absolute atomic E-state index is 12.4. The quantitative estimate of drug-likeness (QED) is 0.717. The van der Waals surface area contributed by atoms with Crippen LogP contribution in [0, 0.1) is 0 Å². The molecule has 6 heteroatoms. The highest BCUT2D eigenvalue weighted by atomic mass is 35.5. The topological polar surface area (TPSA) is 73.6 Å². The number of methoxy groups -OCH3 is 2. The molecule has 0 fully saturated rings. The molecule has 0 aromatic heterocycles. The molecule has 1 rings (SSSR count). The zero-order valence-electron chi connectivity index (χ0n) is 13.8. The Kier molecular flexibility index (Phi) is 8.90. The summed E-state index contributed by atoms with van der Waals surface area (Å²) in [7, 11) is 3.17. The third-order valence-electron chi connectivity index (χ3n) is 3.59. The SMILES string of the molecule is COc1ccc(C(C)(C)C(=O)NCCCCN)cc1OC.Cl. The van der Waals surface area contributed by atoms with Crippen LogP contribution in [0.3, 0.4) is 0 Å². The maximum Gasteiger partial charge on any atom is 0.230 e. The smallest absolute Gasteiger partial charge is 0.230 e. The van der Waals surface area contributed by atoms with Crippen molar-refractivity contribution in [1.82, 2.24) is 5.32 Å². The van der Waals surface area contributed by atoms with E-state index < -0.39 is 5.41 Å². The molecule has 0 heterocycles. The number of hydrogen-bond acceptors (Lipinski definition) is 4. The molecule has 0 saturated heterocycles. The lowest BCUT2D eigenvalue weighted by Gasteiger charge is -2.25. The van der Waals surface area contributed by atoms with Crippen LogP contribution < -0.4 is 20.5 Å². The Bertz CT molecular complexity index is 478. The standard InChI is InChI=1S/C16H26N2O3.ClH/c1-16(2,15(19)18-10-6-5-9-17)12-7-8-13(20-3)14(11-12)21-4;/h7-8,11H,5-6,9-10,17H2,1-4H3,(H,18,19);1H. The van der Waals surface area contributed by atoms with Crippen LogP contribution in [0.25, 0.3) is 0 Å². The van der Waals surface area contributed by atoms with E-state index in [0.29, 0.717) is 24.6 Å². The van der Waals surface area contributed by atoms with E-state index in [1.807, 2.05) is 32.0 Å². The number of ether oxygens (including phenoxy) is 2. The van der Waals surface area contributed by atoms with E-state index >= 15 is 0 Å². The van der Waals surface area contributed by atoms with Gasteiger partial charge in [-0.2, -0.15) is 0 Å². The Morgan fingerprint density at radius 1 is 1.18 bits per heavy atom. The summed E-state index contributed by atoms with van der Waals surface area (Å²) in [5.74, 6) is 1.27. The molecule has 0 aliphatic heterocycles. The van der Waals surface area contributed by atoms with Crippen molar-refractivity contribution in [2.75, 3.05) is 27.3 Å². The summed E-state index contributed by atoms with van der Waals surface area (Å²) in [6, 6.07) is 5.55. The molecule has 0 saturated carbocycles. The van der Waals surface area contributed by atoms with Crippen molar-refractivity contribution in [2.24, 2.45) is 5.73 Å². The summed E-state index contributed by atoms with van der Waals surface area (Å²) in [6.07, 6.45) is 1.81. The number of nitrogens with one attached hydrogen (secondary N) is 1. The van der Waals surface area contributed by atoms with Gasteiger partial charge < -0.3 is 20.5 Å². The van der Waals surface area contributed by atoms with Crippen molar-refractivity contribution in [3.05, 3.63) is 23.8 Å². The molecule has 3 N–H and O–H groups in total. The first kappa shape index (κ1) is 20.5. The minimum atomic E-state index is -0.637. The molecular weight excluding hydrogens is 304 g/mol. The van der Waals surface area contributed by atoms with Crippen LogP contribution in [0.4, 0.5) is 0 Å². The molecule has 0 spiro atoms. The minimum Gasteiger partial charge on any atom is -0.493 e. The van der Waals surface area contributed by atoms with Crippen LogP contribution in [0.15, 0.2) is 18.2 Å². The van der Waals surface area contributed by atoms with Crippen molar-refractivity contribution < 1.29 is 14.3 Å². The van der Waals surface area contributed by atoms with Crippen molar-refractivity contribution >= 4 is 18.3 Å². The number of halogens is 1. The summed E-state index contributed by atoms with van der Waals surface area (Å²) in [4.78, 5) is 12.4. The molecule has 0 radical (unpaired) electrons. The number of rotatable bonds is 8. The van der Waals surface area contributed by atoms with Gasteiger partial charge in [-0.25, -0.2) is 0 Å². The van der Waals surface area contributed by atoms with Gasteiger partial charge in [-0.05, 0) is 50.9 Å². The average molecular weight is 331 g/mol. The van der Waals surface area contributed by atoms with Gasteiger partial charge in [0.15, 0.2) is 11.5 Å². The van der Waals surface area contributed by atoms with Gasteiger partial charge in [0.2, 0.25) is 5.91 Å². The molecule has 1 amide bonds. The maximum atomic E-state index is 12.4. The number of nitrogens with two attached hydrogens (primary N) is 1. The lowest BCUT2D eigenvalue weighted by Crippen LogP contribution is -2.40. The van der Waals surface area contributed by atoms with Gasteiger partial charge in [-0.1, -0.05) is 6.07 Å². The zero-order chi connectivity index (χ0) is 15.9. The summed E-state index contributed by atoms with van der Waals surface area (Å²) in [5.41, 5.74) is 5.69. The van der Waals surface area contributed by atoms with Crippen LogP contribution in [0.5, 0.6) is 11.5 Å². The number of unbranched alkanes of at least 4 members (excludes halogenated alkanes) is 1. The molecule has 1 aromatic rings. The van der Waals surface area contributed by atoms with Gasteiger partial charge in [-0.15, -0.1) is 12.4 Å². The van der Waals surface area contributed by atoms with Gasteiger partial charge in [0.05, 0.1) is 19.6 Å². The Balaban J connectivity index is 0.00000441. The predicted molar refractivity (Wildman–Crippen MR) is 91.1 cm³/mol. The molecule has 1 aromatic carbocycles. The Hall–Kier alpha value is -1.46. The molecule has 126 valence electrons. The van der Waals surface area contributed by atoms with Gasteiger partial charge in [0.25, 0.3) is 0 Å². The highest BCUT2D eigenvalue weighted by molar-refractivity contribution is 5.87. The number of carbonyl (C=O) groups excluding carboxylic acids is 1. The van der Waals surface area contributed by atoms with Gasteiger partial charge in [0.1, 0.15) is 0 Å². The molecular formula is C16H27ClN2O3. The third kappa shape index (κ3) is 5.07. The Labute approximate surface area is 139 Å². The summed E-state index contributed by atoms with van der Waals surface area (Å²) in [5, 5.41) is 2.96.